The van der Waals surface area contributed by atoms with Crippen LogP contribution in [0.2, 0.25) is 0 Å². The van der Waals surface area contributed by atoms with E-state index in [1.165, 1.54) is 0 Å². The summed E-state index contributed by atoms with van der Waals surface area (Å²) in [5.41, 5.74) is 0. The van der Waals surface area contributed by atoms with Crippen molar-refractivity contribution in [2.24, 2.45) is 0 Å². The number of amides is 2. The molecule has 1 rings (SSSR count). The molecule has 1 fully saturated rings. The van der Waals surface area contributed by atoms with Gasteiger partial charge in [-0.2, -0.15) is 0 Å². The van der Waals surface area contributed by atoms with Crippen LogP contribution in [0.4, 0.5) is 4.79 Å². The number of carboxylic acids is 2. The molecule has 0 aromatic rings. The number of carbonyl (C=O) groups is 3. The number of piperidine rings is 1. The maximum absolute atomic E-state index is 11.7. The van der Waals surface area contributed by atoms with E-state index in [-0.39, 0.29) is 18.9 Å². The smallest absolute Gasteiger partial charge is 0.326 e. The third kappa shape index (κ3) is 5.87. The second kappa shape index (κ2) is 7.68. The molecule has 0 aromatic heterocycles. The van der Waals surface area contributed by atoms with Gasteiger partial charge in [0.05, 0.1) is 0 Å². The number of carboxylic acid groups (broad SMARTS) is 2. The molecule has 0 spiro atoms. The van der Waals surface area contributed by atoms with Crippen LogP contribution < -0.4 is 10.6 Å². The minimum absolute atomic E-state index is 0.0279. The van der Waals surface area contributed by atoms with Crippen LogP contribution in [-0.2, 0) is 9.59 Å². The molecule has 114 valence electrons. The highest BCUT2D eigenvalue weighted by Crippen LogP contribution is 2.08. The first kappa shape index (κ1) is 16.2. The predicted molar refractivity (Wildman–Crippen MR) is 70.5 cm³/mol. The van der Waals surface area contributed by atoms with E-state index in [9.17, 15) is 14.4 Å². The van der Waals surface area contributed by atoms with Gasteiger partial charge in [-0.1, -0.05) is 0 Å². The number of hydrogen-bond acceptors (Lipinski definition) is 4. The summed E-state index contributed by atoms with van der Waals surface area (Å²) < 4.78 is 0. The molecule has 1 atom stereocenters. The van der Waals surface area contributed by atoms with Crippen molar-refractivity contribution in [1.29, 1.82) is 0 Å². The van der Waals surface area contributed by atoms with Crippen molar-refractivity contribution in [2.45, 2.75) is 37.8 Å². The molecule has 20 heavy (non-hydrogen) atoms. The molecule has 4 N–H and O–H groups in total. The third-order valence-electron chi connectivity index (χ3n) is 3.30. The average molecular weight is 287 g/mol. The Morgan fingerprint density at radius 3 is 2.35 bits per heavy atom. The van der Waals surface area contributed by atoms with Gasteiger partial charge in [0, 0.05) is 12.5 Å². The molecule has 1 unspecified atom stereocenters. The monoisotopic (exact) mass is 287 g/mol. The zero-order chi connectivity index (χ0) is 15.1. The van der Waals surface area contributed by atoms with Gasteiger partial charge in [0.25, 0.3) is 0 Å². The summed E-state index contributed by atoms with van der Waals surface area (Å²) in [6.45, 7) is 1.76. The first-order valence-corrected chi connectivity index (χ1v) is 6.58. The first-order chi connectivity index (χ1) is 9.38. The van der Waals surface area contributed by atoms with Crippen molar-refractivity contribution in [1.82, 2.24) is 15.5 Å². The molecule has 0 aromatic carbocycles. The highest BCUT2D eigenvalue weighted by atomic mass is 16.4. The fourth-order valence-electron chi connectivity index (χ4n) is 2.06. The number of aliphatic carboxylic acids is 2. The van der Waals surface area contributed by atoms with Crippen molar-refractivity contribution >= 4 is 18.0 Å². The topological polar surface area (TPSA) is 119 Å². The number of nitrogens with zero attached hydrogens (tertiary/aromatic N) is 1. The molecule has 0 bridgehead atoms. The standard InChI is InChI=1S/C12H21N3O5/c1-15-6-4-8(5-7-15)13-12(20)14-9(11(18)19)2-3-10(16)17/h8-9H,2-7H2,1H3,(H,16,17)(H,18,19)(H2,13,14,20). The van der Waals surface area contributed by atoms with E-state index >= 15 is 0 Å². The molecule has 8 nitrogen and oxygen atoms in total. The quantitative estimate of drug-likeness (QED) is 0.532. The van der Waals surface area contributed by atoms with Gasteiger partial charge in [-0.25, -0.2) is 9.59 Å². The number of likely N-dealkylation sites (tertiary alicyclic amines) is 1. The molecular weight excluding hydrogens is 266 g/mol. The Bertz CT molecular complexity index is 366. The number of nitrogens with one attached hydrogen (secondary N) is 2. The van der Waals surface area contributed by atoms with Crippen molar-refractivity contribution in [3.05, 3.63) is 0 Å². The Kier molecular flexibility index (Phi) is 6.23. The number of carbonyl (C=O) groups excluding carboxylic acids is 1. The minimum atomic E-state index is -1.23. The largest absolute Gasteiger partial charge is 0.481 e. The third-order valence-corrected chi connectivity index (χ3v) is 3.30. The second-order valence-electron chi connectivity index (χ2n) is 5.02. The Morgan fingerprint density at radius 1 is 1.25 bits per heavy atom. The van der Waals surface area contributed by atoms with Crippen LogP contribution in [0.3, 0.4) is 0 Å². The fraction of sp³-hybridized carbons (Fsp3) is 0.750. The van der Waals surface area contributed by atoms with E-state index in [1.807, 2.05) is 7.05 Å². The Labute approximate surface area is 117 Å². The maximum atomic E-state index is 11.7. The molecule has 0 radical (unpaired) electrons. The van der Waals surface area contributed by atoms with Crippen molar-refractivity contribution < 1.29 is 24.6 Å². The summed E-state index contributed by atoms with van der Waals surface area (Å²) in [7, 11) is 2.00. The van der Waals surface area contributed by atoms with Crippen molar-refractivity contribution in [3.63, 3.8) is 0 Å². The van der Waals surface area contributed by atoms with E-state index in [1.54, 1.807) is 0 Å². The highest BCUT2D eigenvalue weighted by Gasteiger charge is 2.23. The fourth-order valence-corrected chi connectivity index (χ4v) is 2.06. The molecule has 0 saturated carbocycles. The van der Waals surface area contributed by atoms with Gasteiger partial charge in [-0.05, 0) is 39.4 Å². The van der Waals surface area contributed by atoms with Crippen molar-refractivity contribution in [3.8, 4) is 0 Å². The van der Waals surface area contributed by atoms with Crippen LogP contribution >= 0.6 is 0 Å². The molecular formula is C12H21N3O5. The zero-order valence-corrected chi connectivity index (χ0v) is 11.5. The Hall–Kier alpha value is -1.83. The lowest BCUT2D eigenvalue weighted by atomic mass is 10.1. The summed E-state index contributed by atoms with van der Waals surface area (Å²) in [4.78, 5) is 35.2. The van der Waals surface area contributed by atoms with Gasteiger partial charge >= 0.3 is 18.0 Å². The van der Waals surface area contributed by atoms with Crippen LogP contribution in [0.25, 0.3) is 0 Å². The Morgan fingerprint density at radius 2 is 1.85 bits per heavy atom. The SMILES string of the molecule is CN1CCC(NC(=O)NC(CCC(=O)O)C(=O)O)CC1. The minimum Gasteiger partial charge on any atom is -0.481 e. The van der Waals surface area contributed by atoms with Gasteiger partial charge in [0.1, 0.15) is 6.04 Å². The zero-order valence-electron chi connectivity index (χ0n) is 11.5. The van der Waals surface area contributed by atoms with E-state index in [0.29, 0.717) is 0 Å². The summed E-state index contributed by atoms with van der Waals surface area (Å²) in [5.74, 6) is -2.32. The molecule has 8 heteroatoms. The van der Waals surface area contributed by atoms with Gasteiger partial charge < -0.3 is 25.7 Å². The normalized spacial score (nSPS) is 18.2. The van der Waals surface area contributed by atoms with Crippen molar-refractivity contribution in [2.75, 3.05) is 20.1 Å². The number of hydrogen-bond donors (Lipinski definition) is 4. The van der Waals surface area contributed by atoms with E-state index in [2.05, 4.69) is 15.5 Å². The van der Waals surface area contributed by atoms with Gasteiger partial charge in [0.15, 0.2) is 0 Å². The van der Waals surface area contributed by atoms with Gasteiger partial charge in [-0.3, -0.25) is 4.79 Å². The molecule has 1 aliphatic rings. The summed E-state index contributed by atoms with van der Waals surface area (Å²) in [5, 5.41) is 22.5. The second-order valence-corrected chi connectivity index (χ2v) is 5.02. The first-order valence-electron chi connectivity index (χ1n) is 6.58. The van der Waals surface area contributed by atoms with Crippen LogP contribution in [0.1, 0.15) is 25.7 Å². The highest BCUT2D eigenvalue weighted by molar-refractivity contribution is 5.83. The number of rotatable bonds is 6. The Balaban J connectivity index is 2.37. The molecule has 0 aliphatic carbocycles. The van der Waals surface area contributed by atoms with Gasteiger partial charge in [0.2, 0.25) is 0 Å². The number of urea groups is 1. The van der Waals surface area contributed by atoms with E-state index < -0.39 is 24.0 Å². The predicted octanol–water partition coefficient (Wildman–Crippen LogP) is -0.302. The van der Waals surface area contributed by atoms with Crippen LogP contribution in [0.15, 0.2) is 0 Å². The lowest BCUT2D eigenvalue weighted by Crippen LogP contribution is -2.51. The molecule has 2 amide bonds. The summed E-state index contributed by atoms with van der Waals surface area (Å²) in [6.07, 6.45) is 1.20. The van der Waals surface area contributed by atoms with Crippen LogP contribution in [0, 0.1) is 0 Å². The van der Waals surface area contributed by atoms with Crippen LogP contribution in [-0.4, -0.2) is 65.3 Å². The average Bonchev–Trinajstić information content (AvgIpc) is 2.36. The van der Waals surface area contributed by atoms with Gasteiger partial charge in [-0.15, -0.1) is 0 Å². The van der Waals surface area contributed by atoms with E-state index in [4.69, 9.17) is 10.2 Å². The molecule has 1 heterocycles. The molecule has 1 saturated heterocycles. The molecule has 1 aliphatic heterocycles. The lowest BCUT2D eigenvalue weighted by Gasteiger charge is -2.29. The summed E-state index contributed by atoms with van der Waals surface area (Å²) >= 11 is 0. The maximum Gasteiger partial charge on any atom is 0.326 e. The van der Waals surface area contributed by atoms with Crippen LogP contribution in [0.5, 0.6) is 0 Å². The summed E-state index contributed by atoms with van der Waals surface area (Å²) in [6, 6.07) is -1.71. The lowest BCUT2D eigenvalue weighted by molar-refractivity contribution is -0.140. The van der Waals surface area contributed by atoms with E-state index in [0.717, 1.165) is 25.9 Å².